The van der Waals surface area contributed by atoms with Gasteiger partial charge in [-0.15, -0.1) is 0 Å². The van der Waals surface area contributed by atoms with E-state index in [-0.39, 0.29) is 13.0 Å². The van der Waals surface area contributed by atoms with Crippen molar-refractivity contribution in [2.24, 2.45) is 0 Å². The highest BCUT2D eigenvalue weighted by molar-refractivity contribution is 7.80. The van der Waals surface area contributed by atoms with Crippen LogP contribution in [0, 0.1) is 0 Å². The van der Waals surface area contributed by atoms with Crippen molar-refractivity contribution >= 4 is 16.4 Å². The van der Waals surface area contributed by atoms with Gasteiger partial charge in [0.15, 0.2) is 0 Å². The molecule has 0 aliphatic heterocycles. The zero-order valence-electron chi connectivity index (χ0n) is 8.34. The molecule has 8 heteroatoms. The van der Waals surface area contributed by atoms with Crippen LogP contribution in [-0.2, 0) is 19.4 Å². The fourth-order valence-electron chi connectivity index (χ4n) is 0.903. The topological polar surface area (TPSA) is 113 Å². The van der Waals surface area contributed by atoms with Crippen molar-refractivity contribution in [2.75, 3.05) is 13.2 Å². The van der Waals surface area contributed by atoms with Crippen LogP contribution in [0.1, 0.15) is 19.8 Å². The summed E-state index contributed by atoms with van der Waals surface area (Å²) in [5.74, 6) is -1.08. The van der Waals surface area contributed by atoms with Crippen LogP contribution in [0.15, 0.2) is 0 Å². The van der Waals surface area contributed by atoms with Crippen molar-refractivity contribution in [3.05, 3.63) is 0 Å². The van der Waals surface area contributed by atoms with Crippen LogP contribution >= 0.6 is 0 Å². The lowest BCUT2D eigenvalue weighted by Crippen LogP contribution is -2.38. The second-order valence-corrected chi connectivity index (χ2v) is 3.97. The number of aliphatic carboxylic acids is 1. The second kappa shape index (κ2) is 6.72. The van der Waals surface area contributed by atoms with E-state index in [0.717, 1.165) is 6.42 Å². The molecule has 1 atom stereocenters. The number of carboxylic acids is 1. The summed E-state index contributed by atoms with van der Waals surface area (Å²) in [6.45, 7) is 2.02. The SMILES string of the molecule is CCCN[C@@H](CCOS(=O)(=O)O)C(=O)O. The van der Waals surface area contributed by atoms with Crippen molar-refractivity contribution in [1.29, 1.82) is 0 Å². The fraction of sp³-hybridized carbons (Fsp3) is 0.857. The van der Waals surface area contributed by atoms with Gasteiger partial charge in [-0.05, 0) is 19.4 Å². The zero-order chi connectivity index (χ0) is 11.9. The van der Waals surface area contributed by atoms with E-state index in [1.165, 1.54) is 0 Å². The van der Waals surface area contributed by atoms with E-state index in [9.17, 15) is 13.2 Å². The van der Waals surface area contributed by atoms with Gasteiger partial charge in [0.05, 0.1) is 6.61 Å². The van der Waals surface area contributed by atoms with Gasteiger partial charge in [0, 0.05) is 0 Å². The first-order valence-corrected chi connectivity index (χ1v) is 5.81. The Labute approximate surface area is 88.4 Å². The highest BCUT2D eigenvalue weighted by Gasteiger charge is 2.17. The van der Waals surface area contributed by atoms with Crippen LogP contribution in [0.25, 0.3) is 0 Å². The van der Waals surface area contributed by atoms with Gasteiger partial charge < -0.3 is 10.4 Å². The van der Waals surface area contributed by atoms with Crippen molar-refractivity contribution in [1.82, 2.24) is 5.32 Å². The molecular weight excluding hydrogens is 226 g/mol. The lowest BCUT2D eigenvalue weighted by Gasteiger charge is -2.12. The Bertz CT molecular complexity index is 288. The van der Waals surface area contributed by atoms with Gasteiger partial charge in [-0.1, -0.05) is 6.92 Å². The molecule has 90 valence electrons. The molecule has 0 spiro atoms. The van der Waals surface area contributed by atoms with E-state index in [1.807, 2.05) is 6.92 Å². The lowest BCUT2D eigenvalue weighted by atomic mass is 10.2. The molecule has 15 heavy (non-hydrogen) atoms. The van der Waals surface area contributed by atoms with Crippen LogP contribution < -0.4 is 5.32 Å². The molecule has 0 bridgehead atoms. The molecule has 0 aliphatic carbocycles. The third kappa shape index (κ3) is 8.30. The molecule has 0 aromatic rings. The van der Waals surface area contributed by atoms with E-state index < -0.39 is 22.4 Å². The molecule has 0 amide bonds. The highest BCUT2D eigenvalue weighted by atomic mass is 32.3. The minimum atomic E-state index is -4.49. The molecule has 0 aliphatic rings. The standard InChI is InChI=1S/C7H15NO6S/c1-2-4-8-6(7(9)10)3-5-14-15(11,12)13/h6,8H,2-5H2,1H3,(H,9,10)(H,11,12,13)/t6-/m0/s1. The lowest BCUT2D eigenvalue weighted by molar-refractivity contribution is -0.139. The van der Waals surface area contributed by atoms with E-state index in [4.69, 9.17) is 9.66 Å². The van der Waals surface area contributed by atoms with Crippen LogP contribution in [0.3, 0.4) is 0 Å². The van der Waals surface area contributed by atoms with E-state index >= 15 is 0 Å². The van der Waals surface area contributed by atoms with E-state index in [1.54, 1.807) is 0 Å². The molecule has 0 rings (SSSR count). The molecule has 7 nitrogen and oxygen atoms in total. The minimum Gasteiger partial charge on any atom is -0.480 e. The van der Waals surface area contributed by atoms with Gasteiger partial charge in [0.25, 0.3) is 0 Å². The van der Waals surface area contributed by atoms with Crippen LogP contribution in [0.2, 0.25) is 0 Å². The number of hydrogen-bond acceptors (Lipinski definition) is 5. The third-order valence-corrected chi connectivity index (χ3v) is 2.04. The molecule has 0 heterocycles. The van der Waals surface area contributed by atoms with Gasteiger partial charge in [-0.3, -0.25) is 9.35 Å². The van der Waals surface area contributed by atoms with E-state index in [0.29, 0.717) is 6.54 Å². The van der Waals surface area contributed by atoms with E-state index in [2.05, 4.69) is 9.50 Å². The molecule has 0 saturated heterocycles. The van der Waals surface area contributed by atoms with Gasteiger partial charge in [0.1, 0.15) is 6.04 Å². The average molecular weight is 241 g/mol. The van der Waals surface area contributed by atoms with Crippen molar-refractivity contribution in [3.8, 4) is 0 Å². The van der Waals surface area contributed by atoms with Crippen LogP contribution in [-0.4, -0.2) is 43.2 Å². The summed E-state index contributed by atoms with van der Waals surface area (Å²) in [4.78, 5) is 10.6. The summed E-state index contributed by atoms with van der Waals surface area (Å²) in [6.07, 6.45) is 0.734. The molecular formula is C7H15NO6S. The molecule has 0 aromatic carbocycles. The average Bonchev–Trinajstić information content (AvgIpc) is 2.08. The Morgan fingerprint density at radius 3 is 2.53 bits per heavy atom. The number of carbonyl (C=O) groups is 1. The maximum absolute atomic E-state index is 10.6. The predicted molar refractivity (Wildman–Crippen MR) is 51.8 cm³/mol. The molecule has 0 fully saturated rings. The zero-order valence-corrected chi connectivity index (χ0v) is 9.16. The van der Waals surface area contributed by atoms with Gasteiger partial charge in [-0.25, -0.2) is 4.18 Å². The number of hydrogen-bond donors (Lipinski definition) is 3. The Morgan fingerprint density at radius 2 is 2.13 bits per heavy atom. The third-order valence-electron chi connectivity index (χ3n) is 1.58. The summed E-state index contributed by atoms with van der Waals surface area (Å²) < 4.78 is 32.6. The number of rotatable bonds is 8. The highest BCUT2D eigenvalue weighted by Crippen LogP contribution is 1.96. The minimum absolute atomic E-state index is 0.0326. The van der Waals surface area contributed by atoms with Crippen LogP contribution in [0.5, 0.6) is 0 Å². The summed E-state index contributed by atoms with van der Waals surface area (Å²) in [5, 5.41) is 11.4. The Morgan fingerprint density at radius 1 is 1.53 bits per heavy atom. The fourth-order valence-corrected chi connectivity index (χ4v) is 1.21. The number of nitrogens with one attached hydrogen (secondary N) is 1. The summed E-state index contributed by atoms with van der Waals surface area (Å²) in [6, 6.07) is -0.869. The molecule has 0 unspecified atom stereocenters. The Kier molecular flexibility index (Phi) is 6.41. The number of carboxylic acid groups (broad SMARTS) is 1. The molecule has 0 saturated carbocycles. The summed E-state index contributed by atoms with van der Waals surface area (Å²) in [5.41, 5.74) is 0. The Balaban J connectivity index is 3.91. The Hall–Kier alpha value is -0.700. The molecule has 0 radical (unpaired) electrons. The maximum atomic E-state index is 10.6. The van der Waals surface area contributed by atoms with Crippen molar-refractivity contribution < 1.29 is 27.1 Å². The van der Waals surface area contributed by atoms with Gasteiger partial charge in [-0.2, -0.15) is 8.42 Å². The largest absolute Gasteiger partial charge is 0.480 e. The van der Waals surface area contributed by atoms with Gasteiger partial charge in [0.2, 0.25) is 0 Å². The quantitative estimate of drug-likeness (QED) is 0.498. The molecule has 3 N–H and O–H groups in total. The van der Waals surface area contributed by atoms with Gasteiger partial charge >= 0.3 is 16.4 Å². The first-order chi connectivity index (χ1) is 6.87. The maximum Gasteiger partial charge on any atom is 0.397 e. The molecule has 0 aromatic heterocycles. The predicted octanol–water partition coefficient (Wildman–Crippen LogP) is -0.351. The monoisotopic (exact) mass is 241 g/mol. The second-order valence-electron chi connectivity index (χ2n) is 2.88. The first-order valence-electron chi connectivity index (χ1n) is 4.45. The first kappa shape index (κ1) is 14.3. The normalized spacial score (nSPS) is 13.7. The smallest absolute Gasteiger partial charge is 0.397 e. The van der Waals surface area contributed by atoms with Crippen LogP contribution in [0.4, 0.5) is 0 Å². The summed E-state index contributed by atoms with van der Waals surface area (Å²) in [7, 11) is -4.49. The van der Waals surface area contributed by atoms with Crippen molar-refractivity contribution in [2.45, 2.75) is 25.8 Å². The summed E-state index contributed by atoms with van der Waals surface area (Å²) >= 11 is 0. The van der Waals surface area contributed by atoms with Crippen molar-refractivity contribution in [3.63, 3.8) is 0 Å².